The topological polar surface area (TPSA) is 70.2 Å². The Balaban J connectivity index is 1.41. The Morgan fingerprint density at radius 1 is 1.17 bits per heavy atom. The van der Waals surface area contributed by atoms with Gasteiger partial charge < -0.3 is 10.6 Å². The van der Waals surface area contributed by atoms with Crippen LogP contribution in [0.2, 0.25) is 0 Å². The van der Waals surface area contributed by atoms with E-state index in [4.69, 9.17) is 0 Å². The molecule has 0 bridgehead atoms. The number of carbonyl (C=O) groups is 2. The molecule has 3 rings (SSSR count). The maximum atomic E-state index is 13.0. The number of hydrogen-bond donors (Lipinski definition) is 3. The lowest BCUT2D eigenvalue weighted by Gasteiger charge is -2.31. The van der Waals surface area contributed by atoms with Gasteiger partial charge in [0.25, 0.3) is 0 Å². The van der Waals surface area contributed by atoms with E-state index in [1.807, 2.05) is 25.1 Å². The van der Waals surface area contributed by atoms with Crippen LogP contribution in [-0.4, -0.2) is 29.4 Å². The molecular weight excluding hydrogens is 401 g/mol. The lowest BCUT2D eigenvalue weighted by molar-refractivity contribution is -0.125. The molecule has 1 fully saturated rings. The second-order valence-corrected chi connectivity index (χ2v) is 8.74. The van der Waals surface area contributed by atoms with E-state index < -0.39 is 0 Å². The van der Waals surface area contributed by atoms with E-state index in [0.717, 1.165) is 18.4 Å². The number of nitrogens with one attached hydrogen (secondary N) is 3. The van der Waals surface area contributed by atoms with Crippen LogP contribution in [0.1, 0.15) is 37.3 Å². The van der Waals surface area contributed by atoms with Crippen LogP contribution in [0.5, 0.6) is 0 Å². The van der Waals surface area contributed by atoms with Gasteiger partial charge in [0, 0.05) is 30.7 Å². The second kappa shape index (κ2) is 11.1. The van der Waals surface area contributed by atoms with Crippen LogP contribution < -0.4 is 16.0 Å². The van der Waals surface area contributed by atoms with Crippen LogP contribution >= 0.6 is 11.8 Å². The molecule has 1 aliphatic rings. The summed E-state index contributed by atoms with van der Waals surface area (Å²) in [6.45, 7) is 2.00. The predicted molar refractivity (Wildman–Crippen MR) is 118 cm³/mol. The van der Waals surface area contributed by atoms with Crippen LogP contribution in [0.4, 0.5) is 4.39 Å². The number of aryl methyl sites for hydroxylation is 1. The Morgan fingerprint density at radius 2 is 1.90 bits per heavy atom. The third kappa shape index (κ3) is 7.46. The van der Waals surface area contributed by atoms with Gasteiger partial charge in [-0.1, -0.05) is 42.5 Å². The summed E-state index contributed by atoms with van der Waals surface area (Å²) in [5.74, 6) is 0.246. The Bertz CT molecular complexity index is 832. The molecule has 0 spiro atoms. The fourth-order valence-electron chi connectivity index (χ4n) is 3.38. The number of carbonyl (C=O) groups excluding carboxylic acids is 2. The lowest BCUT2D eigenvalue weighted by Crippen LogP contribution is -2.55. The highest BCUT2D eigenvalue weighted by Crippen LogP contribution is 2.19. The number of halogens is 1. The van der Waals surface area contributed by atoms with Gasteiger partial charge >= 0.3 is 0 Å². The quantitative estimate of drug-likeness (QED) is 0.572. The van der Waals surface area contributed by atoms with Gasteiger partial charge in [-0.25, -0.2) is 4.39 Å². The maximum Gasteiger partial charge on any atom is 0.223 e. The molecule has 1 saturated heterocycles. The van der Waals surface area contributed by atoms with Crippen molar-refractivity contribution in [2.45, 2.75) is 55.9 Å². The SMILES string of the molecule is CC(CCc1ccccc1)NC(=O)CC1CC(=O)NC(SCc2ccc(F)cc2)N1. The number of amides is 2. The van der Waals surface area contributed by atoms with E-state index in [-0.39, 0.29) is 48.1 Å². The molecule has 0 aliphatic carbocycles. The van der Waals surface area contributed by atoms with Crippen LogP contribution in [0.15, 0.2) is 54.6 Å². The average Bonchev–Trinajstić information content (AvgIpc) is 2.72. The van der Waals surface area contributed by atoms with E-state index in [2.05, 4.69) is 28.1 Å². The summed E-state index contributed by atoms with van der Waals surface area (Å²) in [6, 6.07) is 16.4. The van der Waals surface area contributed by atoms with E-state index in [0.29, 0.717) is 5.75 Å². The van der Waals surface area contributed by atoms with Crippen molar-refractivity contribution in [2.75, 3.05) is 0 Å². The molecule has 0 aromatic heterocycles. The summed E-state index contributed by atoms with van der Waals surface area (Å²) in [5, 5.41) is 9.25. The van der Waals surface area contributed by atoms with Crippen molar-refractivity contribution in [1.29, 1.82) is 0 Å². The molecule has 5 nitrogen and oxygen atoms in total. The van der Waals surface area contributed by atoms with Gasteiger partial charge in [-0.05, 0) is 43.0 Å². The van der Waals surface area contributed by atoms with E-state index in [1.165, 1.54) is 29.5 Å². The van der Waals surface area contributed by atoms with Gasteiger partial charge in [0.1, 0.15) is 11.3 Å². The summed E-state index contributed by atoms with van der Waals surface area (Å²) >= 11 is 1.51. The van der Waals surface area contributed by atoms with Crippen molar-refractivity contribution in [3.63, 3.8) is 0 Å². The first kappa shape index (κ1) is 22.3. The highest BCUT2D eigenvalue weighted by molar-refractivity contribution is 7.99. The molecule has 0 saturated carbocycles. The highest BCUT2D eigenvalue weighted by atomic mass is 32.2. The first-order chi connectivity index (χ1) is 14.5. The molecule has 2 aromatic carbocycles. The summed E-state index contributed by atoms with van der Waals surface area (Å²) in [4.78, 5) is 24.5. The van der Waals surface area contributed by atoms with E-state index in [1.54, 1.807) is 12.1 Å². The van der Waals surface area contributed by atoms with Gasteiger partial charge in [0.2, 0.25) is 11.8 Å². The molecule has 0 radical (unpaired) electrons. The molecule has 3 N–H and O–H groups in total. The molecule has 2 aromatic rings. The van der Waals surface area contributed by atoms with Crippen LogP contribution in [0.3, 0.4) is 0 Å². The average molecular weight is 430 g/mol. The van der Waals surface area contributed by atoms with Crippen LogP contribution in [0, 0.1) is 5.82 Å². The van der Waals surface area contributed by atoms with Crippen molar-refractivity contribution in [3.8, 4) is 0 Å². The summed E-state index contributed by atoms with van der Waals surface area (Å²) in [7, 11) is 0. The van der Waals surface area contributed by atoms with Gasteiger partial charge in [-0.3, -0.25) is 14.9 Å². The molecule has 7 heteroatoms. The first-order valence-corrected chi connectivity index (χ1v) is 11.3. The fourth-order valence-corrected chi connectivity index (χ4v) is 4.44. The van der Waals surface area contributed by atoms with E-state index in [9.17, 15) is 14.0 Å². The normalized spacial score (nSPS) is 19.7. The predicted octanol–water partition coefficient (Wildman–Crippen LogP) is 3.35. The summed E-state index contributed by atoms with van der Waals surface area (Å²) in [6.07, 6.45) is 2.31. The number of benzene rings is 2. The molecular formula is C23H28FN3O2S. The third-order valence-corrected chi connectivity index (χ3v) is 6.08. The molecule has 3 unspecified atom stereocenters. The summed E-state index contributed by atoms with van der Waals surface area (Å²) < 4.78 is 13.0. The third-order valence-electron chi connectivity index (χ3n) is 4.99. The first-order valence-electron chi connectivity index (χ1n) is 10.2. The minimum atomic E-state index is -0.274. The van der Waals surface area contributed by atoms with Gasteiger partial charge in [0.05, 0.1) is 0 Å². The van der Waals surface area contributed by atoms with Crippen molar-refractivity contribution in [1.82, 2.24) is 16.0 Å². The smallest absolute Gasteiger partial charge is 0.223 e. The Labute approximate surface area is 181 Å². The van der Waals surface area contributed by atoms with Crippen molar-refractivity contribution in [2.24, 2.45) is 0 Å². The highest BCUT2D eigenvalue weighted by Gasteiger charge is 2.27. The van der Waals surface area contributed by atoms with Crippen LogP contribution in [0.25, 0.3) is 0 Å². The number of thioether (sulfide) groups is 1. The second-order valence-electron chi connectivity index (χ2n) is 7.65. The summed E-state index contributed by atoms with van der Waals surface area (Å²) in [5.41, 5.74) is 1.96. The molecule has 1 heterocycles. The van der Waals surface area contributed by atoms with Gasteiger partial charge in [-0.2, -0.15) is 0 Å². The Morgan fingerprint density at radius 3 is 2.63 bits per heavy atom. The number of hydrogen-bond acceptors (Lipinski definition) is 4. The largest absolute Gasteiger partial charge is 0.354 e. The minimum Gasteiger partial charge on any atom is -0.354 e. The molecule has 1 aliphatic heterocycles. The van der Waals surface area contributed by atoms with E-state index >= 15 is 0 Å². The zero-order valence-corrected chi connectivity index (χ0v) is 17.9. The lowest BCUT2D eigenvalue weighted by atomic mass is 10.0. The standard InChI is InChI=1S/C23H28FN3O2S/c1-16(7-8-17-5-3-2-4-6-17)25-21(28)13-20-14-22(29)27-23(26-20)30-15-18-9-11-19(24)12-10-18/h2-6,9-12,16,20,23,26H,7-8,13-15H2,1H3,(H,25,28)(H,27,29). The molecule has 3 atom stereocenters. The van der Waals surface area contributed by atoms with Gasteiger partial charge in [-0.15, -0.1) is 11.8 Å². The fraction of sp³-hybridized carbons (Fsp3) is 0.391. The zero-order valence-electron chi connectivity index (χ0n) is 17.1. The maximum absolute atomic E-state index is 13.0. The monoisotopic (exact) mass is 429 g/mol. The van der Waals surface area contributed by atoms with Crippen molar-refractivity contribution in [3.05, 3.63) is 71.5 Å². The van der Waals surface area contributed by atoms with Crippen molar-refractivity contribution < 1.29 is 14.0 Å². The Kier molecular flexibility index (Phi) is 8.28. The van der Waals surface area contributed by atoms with Crippen molar-refractivity contribution >= 4 is 23.6 Å². The Hall–Kier alpha value is -2.38. The molecule has 2 amide bonds. The van der Waals surface area contributed by atoms with Crippen LogP contribution in [-0.2, 0) is 21.8 Å². The minimum absolute atomic E-state index is 0.0509. The zero-order chi connectivity index (χ0) is 21.3. The number of rotatable bonds is 9. The molecule has 160 valence electrons. The van der Waals surface area contributed by atoms with Gasteiger partial charge in [0.15, 0.2) is 0 Å². The molecule has 30 heavy (non-hydrogen) atoms.